The molecule has 1 amide bonds. The van der Waals surface area contributed by atoms with Crippen LogP contribution in [0.3, 0.4) is 0 Å². The molecule has 0 aliphatic rings. The van der Waals surface area contributed by atoms with Gasteiger partial charge in [0.05, 0.1) is 8.95 Å². The maximum Gasteiger partial charge on any atom is 0.262 e. The molecule has 0 aromatic heterocycles. The molecular weight excluding hydrogens is 364 g/mol. The lowest BCUT2D eigenvalue weighted by molar-refractivity contribution is -0.135. The van der Waals surface area contributed by atoms with Crippen molar-refractivity contribution in [3.8, 4) is 5.75 Å². The van der Waals surface area contributed by atoms with Gasteiger partial charge in [-0.05, 0) is 56.5 Å². The zero-order valence-corrected chi connectivity index (χ0v) is 13.7. The Hall–Kier alpha value is -0.590. The van der Waals surface area contributed by atoms with Crippen molar-refractivity contribution in [2.24, 2.45) is 5.73 Å². The Morgan fingerprint density at radius 1 is 1.39 bits per heavy atom. The fraction of sp³-hybridized carbons (Fsp3) is 0.417. The average molecular weight is 380 g/mol. The second-order valence-corrected chi connectivity index (χ2v) is 5.79. The number of rotatable bonds is 4. The molecule has 0 spiro atoms. The van der Waals surface area contributed by atoms with Gasteiger partial charge in [-0.2, -0.15) is 0 Å². The Balaban J connectivity index is 2.95. The molecule has 100 valence electrons. The van der Waals surface area contributed by atoms with Gasteiger partial charge >= 0.3 is 0 Å². The molecule has 1 unspecified atom stereocenters. The van der Waals surface area contributed by atoms with Crippen LogP contribution in [-0.4, -0.2) is 31.0 Å². The van der Waals surface area contributed by atoms with Gasteiger partial charge in [0, 0.05) is 20.6 Å². The molecule has 1 rings (SSSR count). The SMILES string of the molecule is CC(Oc1c(Br)cc(CN)cc1Br)C(=O)N(C)C. The highest BCUT2D eigenvalue weighted by Crippen LogP contribution is 2.35. The van der Waals surface area contributed by atoms with Crippen LogP contribution in [0.15, 0.2) is 21.1 Å². The Morgan fingerprint density at radius 3 is 2.28 bits per heavy atom. The van der Waals surface area contributed by atoms with E-state index in [1.807, 2.05) is 12.1 Å². The summed E-state index contributed by atoms with van der Waals surface area (Å²) in [6, 6.07) is 3.76. The highest BCUT2D eigenvalue weighted by atomic mass is 79.9. The highest BCUT2D eigenvalue weighted by molar-refractivity contribution is 9.11. The average Bonchev–Trinajstić information content (AvgIpc) is 2.31. The molecule has 0 aliphatic carbocycles. The van der Waals surface area contributed by atoms with Crippen molar-refractivity contribution in [1.29, 1.82) is 0 Å². The third-order valence-corrected chi connectivity index (χ3v) is 3.56. The monoisotopic (exact) mass is 378 g/mol. The molecule has 1 atom stereocenters. The lowest BCUT2D eigenvalue weighted by atomic mass is 10.2. The number of nitrogens with zero attached hydrogens (tertiary/aromatic N) is 1. The minimum Gasteiger partial charge on any atom is -0.479 e. The largest absolute Gasteiger partial charge is 0.479 e. The highest BCUT2D eigenvalue weighted by Gasteiger charge is 2.19. The van der Waals surface area contributed by atoms with Crippen LogP contribution in [0, 0.1) is 0 Å². The number of carbonyl (C=O) groups excluding carboxylic acids is 1. The predicted octanol–water partition coefficient (Wildman–Crippen LogP) is 2.53. The minimum atomic E-state index is -0.545. The normalized spacial score (nSPS) is 12.1. The third-order valence-electron chi connectivity index (χ3n) is 2.38. The summed E-state index contributed by atoms with van der Waals surface area (Å²) in [5.74, 6) is 0.520. The summed E-state index contributed by atoms with van der Waals surface area (Å²) in [7, 11) is 3.40. The first-order valence-electron chi connectivity index (χ1n) is 5.42. The first-order chi connectivity index (χ1) is 8.36. The number of carbonyl (C=O) groups is 1. The Labute approximate surface area is 124 Å². The van der Waals surface area contributed by atoms with E-state index in [1.54, 1.807) is 21.0 Å². The summed E-state index contributed by atoms with van der Waals surface area (Å²) in [4.78, 5) is 13.2. The van der Waals surface area contributed by atoms with E-state index in [-0.39, 0.29) is 5.91 Å². The van der Waals surface area contributed by atoms with E-state index < -0.39 is 6.10 Å². The molecule has 1 aromatic rings. The molecule has 0 saturated heterocycles. The van der Waals surface area contributed by atoms with Crippen LogP contribution in [0.5, 0.6) is 5.75 Å². The number of hydrogen-bond acceptors (Lipinski definition) is 3. The summed E-state index contributed by atoms with van der Waals surface area (Å²) < 4.78 is 7.22. The lowest BCUT2D eigenvalue weighted by Gasteiger charge is -2.20. The fourth-order valence-corrected chi connectivity index (χ4v) is 2.90. The first kappa shape index (κ1) is 15.5. The van der Waals surface area contributed by atoms with Crippen molar-refractivity contribution in [3.63, 3.8) is 0 Å². The molecule has 0 heterocycles. The number of amides is 1. The van der Waals surface area contributed by atoms with E-state index >= 15 is 0 Å². The van der Waals surface area contributed by atoms with Gasteiger partial charge in [-0.3, -0.25) is 4.79 Å². The fourth-order valence-electron chi connectivity index (χ4n) is 1.43. The van der Waals surface area contributed by atoms with E-state index in [2.05, 4.69) is 31.9 Å². The Morgan fingerprint density at radius 2 is 1.89 bits per heavy atom. The molecule has 4 nitrogen and oxygen atoms in total. The van der Waals surface area contributed by atoms with Crippen LogP contribution in [0.25, 0.3) is 0 Å². The summed E-state index contributed by atoms with van der Waals surface area (Å²) in [5.41, 5.74) is 6.56. The number of nitrogens with two attached hydrogens (primary N) is 1. The Kier molecular flexibility index (Phi) is 5.62. The van der Waals surface area contributed by atoms with Gasteiger partial charge in [-0.15, -0.1) is 0 Å². The van der Waals surface area contributed by atoms with Gasteiger partial charge < -0.3 is 15.4 Å². The zero-order chi connectivity index (χ0) is 13.9. The first-order valence-corrected chi connectivity index (χ1v) is 7.01. The molecule has 0 radical (unpaired) electrons. The topological polar surface area (TPSA) is 55.6 Å². The molecule has 0 bridgehead atoms. The standard InChI is InChI=1S/C12H16Br2N2O2/c1-7(12(17)16(2)3)18-11-9(13)4-8(6-15)5-10(11)14/h4-5,7H,6,15H2,1-3H3. The number of likely N-dealkylation sites (N-methyl/N-ethyl adjacent to an activating group) is 1. The van der Waals surface area contributed by atoms with E-state index in [0.29, 0.717) is 12.3 Å². The van der Waals surface area contributed by atoms with Crippen LogP contribution >= 0.6 is 31.9 Å². The van der Waals surface area contributed by atoms with E-state index in [9.17, 15) is 4.79 Å². The van der Waals surface area contributed by atoms with E-state index in [4.69, 9.17) is 10.5 Å². The van der Waals surface area contributed by atoms with Gasteiger partial charge in [0.15, 0.2) is 6.10 Å². The van der Waals surface area contributed by atoms with E-state index in [0.717, 1.165) is 14.5 Å². The molecule has 0 aliphatic heterocycles. The number of halogens is 2. The smallest absolute Gasteiger partial charge is 0.262 e. The van der Waals surface area contributed by atoms with Crippen LogP contribution in [0.4, 0.5) is 0 Å². The van der Waals surface area contributed by atoms with Crippen LogP contribution in [0.2, 0.25) is 0 Å². The van der Waals surface area contributed by atoms with Gasteiger partial charge in [0.25, 0.3) is 5.91 Å². The predicted molar refractivity (Wildman–Crippen MR) is 78.5 cm³/mol. The van der Waals surface area contributed by atoms with Gasteiger partial charge in [-0.25, -0.2) is 0 Å². The quantitative estimate of drug-likeness (QED) is 0.874. The summed E-state index contributed by atoms with van der Waals surface area (Å²) in [5, 5.41) is 0. The van der Waals surface area contributed by atoms with Crippen LogP contribution < -0.4 is 10.5 Å². The van der Waals surface area contributed by atoms with Crippen molar-refractivity contribution in [2.45, 2.75) is 19.6 Å². The number of benzene rings is 1. The maximum atomic E-state index is 11.7. The van der Waals surface area contributed by atoms with Crippen molar-refractivity contribution < 1.29 is 9.53 Å². The van der Waals surface area contributed by atoms with Crippen molar-refractivity contribution in [2.75, 3.05) is 14.1 Å². The Bertz CT molecular complexity index is 427. The van der Waals surface area contributed by atoms with Gasteiger partial charge in [0.1, 0.15) is 5.75 Å². The molecule has 0 fully saturated rings. The van der Waals surface area contributed by atoms with Crippen molar-refractivity contribution in [3.05, 3.63) is 26.6 Å². The van der Waals surface area contributed by atoms with Crippen molar-refractivity contribution in [1.82, 2.24) is 4.90 Å². The zero-order valence-electron chi connectivity index (χ0n) is 10.5. The molecule has 1 aromatic carbocycles. The third kappa shape index (κ3) is 3.70. The summed E-state index contributed by atoms with van der Waals surface area (Å²) >= 11 is 6.84. The molecule has 2 N–H and O–H groups in total. The number of ether oxygens (including phenoxy) is 1. The molecule has 6 heteroatoms. The van der Waals surface area contributed by atoms with Crippen LogP contribution in [0.1, 0.15) is 12.5 Å². The molecular formula is C12H16Br2N2O2. The van der Waals surface area contributed by atoms with Crippen LogP contribution in [-0.2, 0) is 11.3 Å². The lowest BCUT2D eigenvalue weighted by Crippen LogP contribution is -2.35. The number of hydrogen-bond donors (Lipinski definition) is 1. The van der Waals surface area contributed by atoms with E-state index in [1.165, 1.54) is 4.90 Å². The minimum absolute atomic E-state index is 0.0864. The second kappa shape index (κ2) is 6.54. The van der Waals surface area contributed by atoms with Crippen molar-refractivity contribution >= 4 is 37.8 Å². The molecule has 0 saturated carbocycles. The maximum absolute atomic E-state index is 11.7. The molecule has 18 heavy (non-hydrogen) atoms. The van der Waals surface area contributed by atoms with Gasteiger partial charge in [-0.1, -0.05) is 0 Å². The second-order valence-electron chi connectivity index (χ2n) is 4.09. The van der Waals surface area contributed by atoms with Gasteiger partial charge in [0.2, 0.25) is 0 Å². The summed E-state index contributed by atoms with van der Waals surface area (Å²) in [6.07, 6.45) is -0.545. The summed E-state index contributed by atoms with van der Waals surface area (Å²) in [6.45, 7) is 2.17.